The Labute approximate surface area is 801 Å². The van der Waals surface area contributed by atoms with Gasteiger partial charge in [-0.1, -0.05) is 346 Å². The molecule has 11 aromatic heterocycles. The van der Waals surface area contributed by atoms with Crippen molar-refractivity contribution in [2.24, 2.45) is 59.2 Å². The van der Waals surface area contributed by atoms with Crippen LogP contribution in [0, 0.1) is 59.2 Å². The zero-order valence-electron chi connectivity index (χ0n) is 85.1. The lowest BCUT2D eigenvalue weighted by atomic mass is 10.1. The highest BCUT2D eigenvalue weighted by atomic mass is 32.1. The molecule has 12 heterocycles. The van der Waals surface area contributed by atoms with Crippen LogP contribution >= 0.6 is 22.7 Å². The van der Waals surface area contributed by atoms with E-state index in [-0.39, 0.29) is 10.8 Å². The summed E-state index contributed by atoms with van der Waals surface area (Å²) in [7, 11) is 0. The van der Waals surface area contributed by atoms with Crippen LogP contribution < -0.4 is 15.9 Å². The number of nitrogens with zero attached hydrogens (tertiary/aromatic N) is 8. The van der Waals surface area contributed by atoms with Gasteiger partial charge in [-0.25, -0.2) is 14.8 Å². The van der Waals surface area contributed by atoms with E-state index in [0.29, 0.717) is 12.1 Å². The van der Waals surface area contributed by atoms with Crippen molar-refractivity contribution in [3.63, 3.8) is 0 Å². The van der Waals surface area contributed by atoms with Crippen molar-refractivity contribution in [2.45, 2.75) is 214 Å². The van der Waals surface area contributed by atoms with Gasteiger partial charge in [-0.15, -0.1) is 11.3 Å². The number of imidazole rings is 1. The minimum atomic E-state index is -0.402. The number of carbonyl (C=O) groups excluding carboxylic acids is 1. The number of thiazole rings is 2. The molecule has 0 bridgehead atoms. The molecule has 0 radical (unpaired) electrons. The Morgan fingerprint density at radius 2 is 0.805 bits per heavy atom. The van der Waals surface area contributed by atoms with Crippen LogP contribution in [0.25, 0.3) is 92.0 Å². The third kappa shape index (κ3) is 60.8. The average Bonchev–Trinajstić information content (AvgIpc) is 1.71. The maximum Gasteiger partial charge on any atom is 0.417 e. The van der Waals surface area contributed by atoms with E-state index in [2.05, 4.69) is 303 Å². The number of carbonyl (C=O) groups is 1. The number of amides is 1. The maximum absolute atomic E-state index is 11.0. The Bertz CT molecular complexity index is 4980. The minimum Gasteiger partial charge on any atom is -0.464 e. The molecule has 8 aromatic carbocycles. The van der Waals surface area contributed by atoms with Crippen LogP contribution in [-0.2, 0) is 6.54 Å². The highest BCUT2D eigenvalue weighted by Crippen LogP contribution is 2.18. The second kappa shape index (κ2) is 71.1. The number of nitrogens with one attached hydrogen (secondary N) is 7. The molecule has 7 N–H and O–H groups in total. The van der Waals surface area contributed by atoms with Gasteiger partial charge in [-0.2, -0.15) is 25.6 Å². The molecule has 19 aromatic rings. The summed E-state index contributed by atoms with van der Waals surface area (Å²) in [5.41, 5.74) is 15.1. The molecular weight excluding hydrogens is 1690 g/mol. The van der Waals surface area contributed by atoms with Crippen LogP contribution in [0.1, 0.15) is 224 Å². The van der Waals surface area contributed by atoms with E-state index in [1.807, 2.05) is 235 Å². The van der Waals surface area contributed by atoms with Gasteiger partial charge in [0.2, 0.25) is 0 Å². The molecule has 0 fully saturated rings. The summed E-state index contributed by atoms with van der Waals surface area (Å²) in [4.78, 5) is 52.9. The number of para-hydroxylation sites is 9. The largest absolute Gasteiger partial charge is 0.464 e. The Morgan fingerprint density at radius 1 is 0.353 bits per heavy atom. The molecule has 0 saturated heterocycles. The molecule has 0 spiro atoms. The summed E-state index contributed by atoms with van der Waals surface area (Å²) in [6, 6.07) is 76.2. The Balaban J connectivity index is 0.000000708. The third-order valence-electron chi connectivity index (χ3n) is 13.5. The highest BCUT2D eigenvalue weighted by molar-refractivity contribution is 7.16. The third-order valence-corrected chi connectivity index (χ3v) is 15.2. The van der Waals surface area contributed by atoms with Crippen molar-refractivity contribution in [3.8, 4) is 0 Å². The van der Waals surface area contributed by atoms with Crippen LogP contribution in [0.15, 0.2) is 310 Å². The molecule has 0 atom stereocenters. The van der Waals surface area contributed by atoms with Gasteiger partial charge in [0, 0.05) is 59.4 Å². The number of H-pyrrole nitrogens is 6. The van der Waals surface area contributed by atoms with Crippen molar-refractivity contribution in [3.05, 3.63) is 323 Å². The van der Waals surface area contributed by atoms with Gasteiger partial charge < -0.3 is 28.5 Å². The fourth-order valence-electron chi connectivity index (χ4n) is 8.97. The van der Waals surface area contributed by atoms with E-state index < -0.39 is 5.76 Å². The first-order valence-corrected chi connectivity index (χ1v) is 47.9. The van der Waals surface area contributed by atoms with Gasteiger partial charge in [0.1, 0.15) is 27.8 Å². The molecular formula is C111H157N15O5S2. The number of hydrogen-bond acceptors (Lipinski definition) is 14. The van der Waals surface area contributed by atoms with Gasteiger partial charge >= 0.3 is 10.6 Å². The number of oxazole rings is 1. The van der Waals surface area contributed by atoms with Crippen molar-refractivity contribution in [1.82, 2.24) is 75.4 Å². The van der Waals surface area contributed by atoms with Crippen LogP contribution in [0.3, 0.4) is 0 Å². The van der Waals surface area contributed by atoms with Gasteiger partial charge in [-0.3, -0.25) is 29.8 Å². The lowest BCUT2D eigenvalue weighted by Gasteiger charge is -1.89. The average molecular weight is 1850 g/mol. The van der Waals surface area contributed by atoms with Crippen molar-refractivity contribution in [2.75, 3.05) is 0 Å². The molecule has 133 heavy (non-hydrogen) atoms. The summed E-state index contributed by atoms with van der Waals surface area (Å²) in [5, 5.41) is 30.0. The predicted molar refractivity (Wildman–Crippen MR) is 575 cm³/mol. The van der Waals surface area contributed by atoms with E-state index >= 15 is 0 Å². The minimum absolute atomic E-state index is 0.0150. The second-order valence-corrected chi connectivity index (χ2v) is 38.9. The number of hydrogen-bond donors (Lipinski definition) is 7. The number of rotatable bonds is 0. The van der Waals surface area contributed by atoms with Crippen LogP contribution in [0.2, 0.25) is 0 Å². The van der Waals surface area contributed by atoms with Crippen LogP contribution in [-0.4, -0.2) is 76.0 Å². The number of furan rings is 1. The number of fused-ring (bicyclic) bond motifs is 10. The number of benzene rings is 8. The number of pyridine rings is 2. The van der Waals surface area contributed by atoms with Gasteiger partial charge in [-0.05, 0) is 179 Å². The summed E-state index contributed by atoms with van der Waals surface area (Å²) in [5.74, 6) is 7.98. The fourth-order valence-corrected chi connectivity index (χ4v) is 10.4. The molecule has 20 nitrogen and oxygen atoms in total. The van der Waals surface area contributed by atoms with Crippen molar-refractivity contribution < 1.29 is 13.6 Å². The van der Waals surface area contributed by atoms with Crippen molar-refractivity contribution in [1.29, 1.82) is 0 Å². The molecule has 22 heteroatoms. The normalized spacial score (nSPS) is 10.2. The molecule has 0 saturated carbocycles. The van der Waals surface area contributed by atoms with E-state index in [1.165, 1.54) is 26.9 Å². The van der Waals surface area contributed by atoms with Gasteiger partial charge in [0.15, 0.2) is 5.58 Å². The number of aromatic amines is 6. The van der Waals surface area contributed by atoms with E-state index in [0.717, 1.165) is 141 Å². The summed E-state index contributed by atoms with van der Waals surface area (Å²) >= 11 is 2.92. The van der Waals surface area contributed by atoms with E-state index in [1.54, 1.807) is 48.3 Å². The molecule has 0 unspecified atom stereocenters. The zero-order valence-corrected chi connectivity index (χ0v) is 86.8. The molecule has 1 aliphatic rings. The maximum atomic E-state index is 11.0. The lowest BCUT2D eigenvalue weighted by molar-refractivity contribution is 0.0965. The fraction of sp³-hybridized carbons (Fsp3) is 0.369. The first kappa shape index (κ1) is 118. The topological polar surface area (TPSA) is 279 Å². The Kier molecular flexibility index (Phi) is 63.2. The van der Waals surface area contributed by atoms with Gasteiger partial charge in [0.25, 0.3) is 5.91 Å². The zero-order chi connectivity index (χ0) is 99.4. The summed E-state index contributed by atoms with van der Waals surface area (Å²) in [6.07, 6.45) is 14.6. The Hall–Kier alpha value is -12.7. The standard InChI is InChI=1S/C8H7NO.C8H7N.C8H6O.2C7H6N2.C7H5NO2.C7H5NOS.C7H5NS.2C6H5N3.10C4H10/c10-8-7-4-2-1-3-6(7)5-9-8;2*1-2-4-8-7(3-1)5-6-9-8;1-2-5-9-6-4-8-7(9)3-1;1-2-4-7-6(3-1)5-8-9-7;2*9-7-8-5-3-1-2-4-6(5)10-7;1-2-4-7-6(3-1)8-5-9-7;1-2-5-6(7-3-1)4-8-9-5;1-2-4-6-5(3-1)7-9-8-6;10*1-4(2)3/h1-4H,5H2,(H,9,10);1-6,9H;2*1-6H;1-5H,(H,8,9);2*1-4H,(H,8,9);1-5H;1-4H,(H,8,9);1-4H,(H,7,8,9);10*4H,1-3H3. The smallest absolute Gasteiger partial charge is 0.417 e. The lowest BCUT2D eigenvalue weighted by Crippen LogP contribution is -2.12. The molecule has 718 valence electrons. The predicted octanol–water partition coefficient (Wildman–Crippen LogP) is 32.0. The number of aromatic nitrogens is 14. The first-order chi connectivity index (χ1) is 63.2. The van der Waals surface area contributed by atoms with Crippen LogP contribution in [0.4, 0.5) is 0 Å². The highest BCUT2D eigenvalue weighted by Gasteiger charge is 2.16. The molecule has 20 rings (SSSR count). The van der Waals surface area contributed by atoms with E-state index in [9.17, 15) is 14.4 Å². The van der Waals surface area contributed by atoms with Crippen molar-refractivity contribution >= 4 is 121 Å². The molecule has 1 aliphatic heterocycles. The summed E-state index contributed by atoms with van der Waals surface area (Å²) in [6.45, 7) is 65.7. The quantitative estimate of drug-likeness (QED) is 0.0746. The monoisotopic (exact) mass is 1840 g/mol. The Morgan fingerprint density at radius 3 is 1.32 bits per heavy atom. The summed E-state index contributed by atoms with van der Waals surface area (Å²) < 4.78 is 14.1. The van der Waals surface area contributed by atoms with Gasteiger partial charge in [0.05, 0.1) is 61.2 Å². The second-order valence-electron chi connectivity index (χ2n) is 37.0. The molecule has 0 aliphatic carbocycles. The SMILES string of the molecule is CC(C)C.CC(C)C.CC(C)C.CC(C)C.CC(C)C.CC(C)C.CC(C)C.CC(C)C.CC(C)C.CC(C)C.O=C1NCc2ccccc21.O=c1[nH]c2ccccc2o1.O=c1[nH]c2ccccc2s1.c1ccc2[nH]ccc2c1.c1ccc2[nH]ncc2c1.c1ccc2n[nH]nc2c1.c1ccc2occc2c1.c1ccc2scnc2c1.c1ccn2ccnc2c1.c1cnc2cn[nH]c2c1. The first-order valence-electron chi connectivity index (χ1n) is 46.2. The van der Waals surface area contributed by atoms with E-state index in [4.69, 9.17) is 8.83 Å². The van der Waals surface area contributed by atoms with Crippen LogP contribution in [0.5, 0.6) is 0 Å². The molecule has 1 amide bonds.